The van der Waals surface area contributed by atoms with Gasteiger partial charge in [-0.05, 0) is 55.6 Å². The fraction of sp³-hybridized carbons (Fsp3) is 0.542. The lowest BCUT2D eigenvalue weighted by molar-refractivity contribution is 0.0884. The van der Waals surface area contributed by atoms with E-state index in [4.69, 9.17) is 44.3 Å². The number of halogens is 3. The first-order chi connectivity index (χ1) is 14.5. The van der Waals surface area contributed by atoms with Crippen LogP contribution in [0.15, 0.2) is 18.2 Å². The molecule has 2 aromatic rings. The van der Waals surface area contributed by atoms with E-state index >= 15 is 0 Å². The van der Waals surface area contributed by atoms with Crippen molar-refractivity contribution < 1.29 is 14.3 Å². The number of benzene rings is 2. The lowest BCUT2D eigenvalue weighted by Gasteiger charge is -2.37. The standard InChI is InChI=1S/C24H28Cl3NO3/c1-23(2,3)13-5-8-15(9-6-13)31-21-19(26)16-10-7-14(11-17(16)18(25)20(21)27)24(4)12-30-22(29)28-24/h7,10-11,13,15H,5-6,8-9,12H2,1-4H3,(H,28,29). The maximum absolute atomic E-state index is 11.6. The molecule has 1 atom stereocenters. The lowest BCUT2D eigenvalue weighted by atomic mass is 9.72. The van der Waals surface area contributed by atoms with Gasteiger partial charge < -0.3 is 14.8 Å². The first-order valence-corrected chi connectivity index (χ1v) is 11.9. The van der Waals surface area contributed by atoms with Gasteiger partial charge in [0.2, 0.25) is 0 Å². The summed E-state index contributed by atoms with van der Waals surface area (Å²) >= 11 is 20.0. The lowest BCUT2D eigenvalue weighted by Crippen LogP contribution is -2.37. The van der Waals surface area contributed by atoms with Crippen LogP contribution in [0.1, 0.15) is 58.9 Å². The van der Waals surface area contributed by atoms with Gasteiger partial charge in [-0.2, -0.15) is 0 Å². The number of nitrogens with one attached hydrogen (secondary N) is 1. The molecular weight excluding hydrogens is 457 g/mol. The Morgan fingerprint density at radius 1 is 1.03 bits per heavy atom. The van der Waals surface area contributed by atoms with Gasteiger partial charge in [-0.1, -0.05) is 67.7 Å². The van der Waals surface area contributed by atoms with Crippen LogP contribution in [-0.2, 0) is 10.3 Å². The van der Waals surface area contributed by atoms with Gasteiger partial charge in [0.15, 0.2) is 5.75 Å². The van der Waals surface area contributed by atoms with Crippen molar-refractivity contribution in [2.24, 2.45) is 11.3 Å². The molecule has 2 aromatic carbocycles. The van der Waals surface area contributed by atoms with Gasteiger partial charge in [-0.15, -0.1) is 0 Å². The van der Waals surface area contributed by atoms with E-state index in [1.807, 2.05) is 25.1 Å². The molecule has 31 heavy (non-hydrogen) atoms. The second-order valence-corrected chi connectivity index (χ2v) is 11.2. The van der Waals surface area contributed by atoms with E-state index in [9.17, 15) is 4.79 Å². The Morgan fingerprint density at radius 3 is 2.29 bits per heavy atom. The number of rotatable bonds is 3. The molecule has 2 fully saturated rings. The summed E-state index contributed by atoms with van der Waals surface area (Å²) in [6, 6.07) is 5.72. The fourth-order valence-corrected chi connectivity index (χ4v) is 5.51. The molecule has 1 amide bonds. The number of ether oxygens (including phenoxy) is 2. The highest BCUT2D eigenvalue weighted by atomic mass is 35.5. The molecule has 1 saturated heterocycles. The maximum Gasteiger partial charge on any atom is 0.408 e. The van der Waals surface area contributed by atoms with Crippen molar-refractivity contribution in [3.05, 3.63) is 38.8 Å². The number of hydrogen-bond acceptors (Lipinski definition) is 3. The average molecular weight is 485 g/mol. The minimum absolute atomic E-state index is 0.0751. The van der Waals surface area contributed by atoms with Crippen LogP contribution >= 0.6 is 34.8 Å². The van der Waals surface area contributed by atoms with Crippen LogP contribution in [0.25, 0.3) is 10.8 Å². The molecule has 0 bridgehead atoms. The number of cyclic esters (lactones) is 1. The van der Waals surface area contributed by atoms with Crippen LogP contribution in [-0.4, -0.2) is 18.8 Å². The van der Waals surface area contributed by atoms with Crippen molar-refractivity contribution in [1.29, 1.82) is 0 Å². The van der Waals surface area contributed by atoms with Crippen molar-refractivity contribution in [3.63, 3.8) is 0 Å². The van der Waals surface area contributed by atoms with Crippen LogP contribution < -0.4 is 10.1 Å². The molecule has 4 rings (SSSR count). The molecule has 4 nitrogen and oxygen atoms in total. The topological polar surface area (TPSA) is 47.6 Å². The third kappa shape index (κ3) is 4.31. The number of hydrogen-bond donors (Lipinski definition) is 1. The maximum atomic E-state index is 11.6. The number of carbonyl (C=O) groups is 1. The predicted octanol–water partition coefficient (Wildman–Crippen LogP) is 7.74. The van der Waals surface area contributed by atoms with E-state index in [1.54, 1.807) is 0 Å². The van der Waals surface area contributed by atoms with Gasteiger partial charge in [0.1, 0.15) is 11.6 Å². The third-order valence-electron chi connectivity index (χ3n) is 6.77. The SMILES string of the molecule is CC1(c2ccc3c(Cl)c(OC4CCC(C(C)(C)C)CC4)c(Cl)c(Cl)c3c2)COC(=O)N1. The molecule has 1 aliphatic carbocycles. The van der Waals surface area contributed by atoms with E-state index in [-0.39, 0.29) is 12.7 Å². The normalized spacial score (nSPS) is 26.6. The van der Waals surface area contributed by atoms with Crippen LogP contribution in [0.3, 0.4) is 0 Å². The third-order valence-corrected chi connectivity index (χ3v) is 8.00. The summed E-state index contributed by atoms with van der Waals surface area (Å²) in [4.78, 5) is 11.6. The largest absolute Gasteiger partial charge is 0.487 e. The van der Waals surface area contributed by atoms with Crippen molar-refractivity contribution in [2.75, 3.05) is 6.61 Å². The second-order valence-electron chi connectivity index (χ2n) is 10.0. The number of amides is 1. The Labute approximate surface area is 198 Å². The Hall–Kier alpha value is -1.36. The van der Waals surface area contributed by atoms with Gasteiger partial charge in [-0.25, -0.2) is 4.79 Å². The van der Waals surface area contributed by atoms with E-state index in [1.165, 1.54) is 0 Å². The summed E-state index contributed by atoms with van der Waals surface area (Å²) < 4.78 is 11.4. The van der Waals surface area contributed by atoms with Crippen LogP contribution in [0.2, 0.25) is 15.1 Å². The van der Waals surface area contributed by atoms with Crippen molar-refractivity contribution in [3.8, 4) is 5.75 Å². The summed E-state index contributed by atoms with van der Waals surface area (Å²) in [7, 11) is 0. The summed E-state index contributed by atoms with van der Waals surface area (Å²) in [6.07, 6.45) is 3.84. The number of carbonyl (C=O) groups excluding carboxylic acids is 1. The summed E-state index contributed by atoms with van der Waals surface area (Å²) in [6.45, 7) is 9.05. The first-order valence-electron chi connectivity index (χ1n) is 10.7. The summed E-state index contributed by atoms with van der Waals surface area (Å²) in [5.41, 5.74) is 0.549. The van der Waals surface area contributed by atoms with E-state index in [0.29, 0.717) is 32.2 Å². The monoisotopic (exact) mass is 483 g/mol. The van der Waals surface area contributed by atoms with Gasteiger partial charge in [0.25, 0.3) is 0 Å². The van der Waals surface area contributed by atoms with E-state index in [2.05, 4.69) is 26.1 Å². The zero-order valence-electron chi connectivity index (χ0n) is 18.3. The highest BCUT2D eigenvalue weighted by Crippen LogP contribution is 2.48. The van der Waals surface area contributed by atoms with Gasteiger partial charge >= 0.3 is 6.09 Å². The highest BCUT2D eigenvalue weighted by molar-refractivity contribution is 6.49. The fourth-order valence-electron chi connectivity index (χ4n) is 4.68. The Balaban J connectivity index is 1.63. The highest BCUT2D eigenvalue weighted by Gasteiger charge is 2.37. The molecule has 7 heteroatoms. The Kier molecular flexibility index (Phi) is 6.04. The van der Waals surface area contributed by atoms with Gasteiger partial charge in [-0.3, -0.25) is 0 Å². The molecule has 2 aliphatic rings. The zero-order valence-corrected chi connectivity index (χ0v) is 20.5. The van der Waals surface area contributed by atoms with Gasteiger partial charge in [0.05, 0.1) is 21.7 Å². The molecule has 1 heterocycles. The number of fused-ring (bicyclic) bond motifs is 1. The molecule has 0 radical (unpaired) electrons. The van der Waals surface area contributed by atoms with Gasteiger partial charge in [0, 0.05) is 10.8 Å². The van der Waals surface area contributed by atoms with Crippen LogP contribution in [0.5, 0.6) is 5.75 Å². The molecule has 1 aliphatic heterocycles. The molecule has 168 valence electrons. The van der Waals surface area contributed by atoms with Crippen molar-refractivity contribution in [2.45, 2.75) is 65.0 Å². The molecule has 1 unspecified atom stereocenters. The molecule has 0 aromatic heterocycles. The minimum Gasteiger partial charge on any atom is -0.487 e. The quantitative estimate of drug-likeness (QED) is 0.453. The van der Waals surface area contributed by atoms with Crippen LogP contribution in [0.4, 0.5) is 4.79 Å². The van der Waals surface area contributed by atoms with Crippen LogP contribution in [0, 0.1) is 11.3 Å². The summed E-state index contributed by atoms with van der Waals surface area (Å²) in [5, 5.41) is 5.52. The average Bonchev–Trinajstić information content (AvgIpc) is 3.08. The van der Waals surface area contributed by atoms with Crippen molar-refractivity contribution >= 4 is 51.7 Å². The molecule has 1 N–H and O–H groups in total. The molecule has 1 saturated carbocycles. The minimum atomic E-state index is -0.631. The Morgan fingerprint density at radius 2 is 1.71 bits per heavy atom. The molecule has 0 spiro atoms. The zero-order chi connectivity index (χ0) is 22.6. The van der Waals surface area contributed by atoms with E-state index in [0.717, 1.165) is 42.0 Å². The Bertz CT molecular complexity index is 1030. The number of alkyl carbamates (subject to hydrolysis) is 1. The predicted molar refractivity (Wildman–Crippen MR) is 127 cm³/mol. The second kappa shape index (κ2) is 8.20. The summed E-state index contributed by atoms with van der Waals surface area (Å²) in [5.74, 6) is 1.15. The first kappa shape index (κ1) is 22.8. The van der Waals surface area contributed by atoms with Crippen molar-refractivity contribution in [1.82, 2.24) is 5.32 Å². The smallest absolute Gasteiger partial charge is 0.408 e. The van der Waals surface area contributed by atoms with E-state index < -0.39 is 11.6 Å². The molecular formula is C24H28Cl3NO3.